The number of para-hydroxylation sites is 2. The van der Waals surface area contributed by atoms with Gasteiger partial charge in [0.2, 0.25) is 5.91 Å². The number of nitrogens with zero attached hydrogens (tertiary/aromatic N) is 2. The number of rotatable bonds is 6. The molecule has 0 aliphatic heterocycles. The molecule has 0 aliphatic carbocycles. The molecule has 1 N–H and O–H groups in total. The van der Waals surface area contributed by atoms with Crippen LogP contribution in [-0.2, 0) is 17.8 Å². The first-order valence-electron chi connectivity index (χ1n) is 8.11. The summed E-state index contributed by atoms with van der Waals surface area (Å²) in [5.41, 5.74) is 3.31. The molecular formula is C20H21N3O. The fourth-order valence-electron chi connectivity index (χ4n) is 2.88. The van der Waals surface area contributed by atoms with Crippen LogP contribution in [0.25, 0.3) is 11.0 Å². The van der Waals surface area contributed by atoms with Gasteiger partial charge in [0.05, 0.1) is 17.1 Å². The Morgan fingerprint density at radius 2 is 1.92 bits per heavy atom. The van der Waals surface area contributed by atoms with E-state index < -0.39 is 0 Å². The Bertz CT molecular complexity index is 852. The summed E-state index contributed by atoms with van der Waals surface area (Å²) in [6, 6.07) is 18.3. The van der Waals surface area contributed by atoms with E-state index in [2.05, 4.69) is 46.8 Å². The van der Waals surface area contributed by atoms with Crippen molar-refractivity contribution < 1.29 is 4.79 Å². The molecule has 2 aromatic carbocycles. The first kappa shape index (κ1) is 16.0. The number of carbonyl (C=O) groups excluding carboxylic acids is 1. The number of benzene rings is 2. The maximum atomic E-state index is 11.6. The standard InChI is InChI=1S/C20H21N3O/c1-3-19(24)21-15(2)20-22-17-11-7-8-12-18(17)23(20)14-13-16-9-5-4-6-10-16/h3-12,15H,1,13-14H2,2H3,(H,21,24). The van der Waals surface area contributed by atoms with Crippen LogP contribution >= 0.6 is 0 Å². The van der Waals surface area contributed by atoms with Crippen LogP contribution in [0.1, 0.15) is 24.4 Å². The van der Waals surface area contributed by atoms with Crippen LogP contribution in [0.5, 0.6) is 0 Å². The van der Waals surface area contributed by atoms with Crippen LogP contribution in [0.2, 0.25) is 0 Å². The third kappa shape index (κ3) is 3.38. The predicted octanol–water partition coefficient (Wildman–Crippen LogP) is 3.64. The average molecular weight is 319 g/mol. The second-order valence-electron chi connectivity index (χ2n) is 5.78. The summed E-state index contributed by atoms with van der Waals surface area (Å²) in [6.07, 6.45) is 2.20. The van der Waals surface area contributed by atoms with Crippen molar-refractivity contribution in [3.8, 4) is 0 Å². The van der Waals surface area contributed by atoms with E-state index >= 15 is 0 Å². The second-order valence-corrected chi connectivity index (χ2v) is 5.78. The van der Waals surface area contributed by atoms with Crippen molar-refractivity contribution in [1.82, 2.24) is 14.9 Å². The van der Waals surface area contributed by atoms with Crippen LogP contribution in [0, 0.1) is 0 Å². The molecule has 4 nitrogen and oxygen atoms in total. The van der Waals surface area contributed by atoms with Gasteiger partial charge in [-0.2, -0.15) is 0 Å². The number of fused-ring (bicyclic) bond motifs is 1. The highest BCUT2D eigenvalue weighted by Gasteiger charge is 2.17. The van der Waals surface area contributed by atoms with E-state index in [1.807, 2.05) is 31.2 Å². The van der Waals surface area contributed by atoms with Crippen molar-refractivity contribution in [3.05, 3.63) is 78.6 Å². The van der Waals surface area contributed by atoms with Gasteiger partial charge in [-0.15, -0.1) is 0 Å². The van der Waals surface area contributed by atoms with Crippen molar-refractivity contribution in [2.75, 3.05) is 0 Å². The quantitative estimate of drug-likeness (QED) is 0.705. The summed E-state index contributed by atoms with van der Waals surface area (Å²) in [5, 5.41) is 2.91. The Labute approximate surface area is 141 Å². The zero-order valence-corrected chi connectivity index (χ0v) is 13.8. The van der Waals surface area contributed by atoms with Crippen molar-refractivity contribution in [3.63, 3.8) is 0 Å². The average Bonchev–Trinajstić information content (AvgIpc) is 2.99. The lowest BCUT2D eigenvalue weighted by molar-refractivity contribution is -0.117. The topological polar surface area (TPSA) is 46.9 Å². The molecule has 24 heavy (non-hydrogen) atoms. The van der Waals surface area contributed by atoms with Crippen LogP contribution in [-0.4, -0.2) is 15.5 Å². The lowest BCUT2D eigenvalue weighted by Gasteiger charge is -2.15. The Kier molecular flexibility index (Phi) is 4.75. The van der Waals surface area contributed by atoms with Crippen molar-refractivity contribution >= 4 is 16.9 Å². The monoisotopic (exact) mass is 319 g/mol. The van der Waals surface area contributed by atoms with Gasteiger partial charge in [-0.3, -0.25) is 4.79 Å². The van der Waals surface area contributed by atoms with E-state index in [1.165, 1.54) is 11.6 Å². The minimum Gasteiger partial charge on any atom is -0.343 e. The van der Waals surface area contributed by atoms with Gasteiger partial charge in [-0.05, 0) is 37.1 Å². The highest BCUT2D eigenvalue weighted by Crippen LogP contribution is 2.21. The zero-order valence-electron chi connectivity index (χ0n) is 13.8. The molecule has 0 saturated heterocycles. The van der Waals surface area contributed by atoms with E-state index in [9.17, 15) is 4.79 Å². The van der Waals surface area contributed by atoms with Crippen LogP contribution in [0.3, 0.4) is 0 Å². The summed E-state index contributed by atoms with van der Waals surface area (Å²) in [6.45, 7) is 6.27. The Hall–Kier alpha value is -2.88. The summed E-state index contributed by atoms with van der Waals surface area (Å²) >= 11 is 0. The van der Waals surface area contributed by atoms with Crippen LogP contribution < -0.4 is 5.32 Å². The molecule has 3 aromatic rings. The molecule has 1 amide bonds. The van der Waals surface area contributed by atoms with Gasteiger partial charge in [0.15, 0.2) is 0 Å². The zero-order chi connectivity index (χ0) is 16.9. The first-order valence-corrected chi connectivity index (χ1v) is 8.11. The van der Waals surface area contributed by atoms with E-state index in [1.54, 1.807) is 0 Å². The molecule has 1 heterocycles. The van der Waals surface area contributed by atoms with Crippen LogP contribution in [0.4, 0.5) is 0 Å². The molecule has 0 aliphatic rings. The normalized spacial score (nSPS) is 12.0. The van der Waals surface area contributed by atoms with Crippen molar-refractivity contribution in [2.24, 2.45) is 0 Å². The number of amides is 1. The molecule has 122 valence electrons. The SMILES string of the molecule is C=CC(=O)NC(C)c1nc2ccccc2n1CCc1ccccc1. The molecule has 0 spiro atoms. The number of carbonyl (C=O) groups is 1. The highest BCUT2D eigenvalue weighted by molar-refractivity contribution is 5.87. The fraction of sp³-hybridized carbons (Fsp3) is 0.200. The molecular weight excluding hydrogens is 298 g/mol. The van der Waals surface area contributed by atoms with E-state index in [-0.39, 0.29) is 11.9 Å². The van der Waals surface area contributed by atoms with Gasteiger partial charge >= 0.3 is 0 Å². The maximum Gasteiger partial charge on any atom is 0.243 e. The van der Waals surface area contributed by atoms with Gasteiger partial charge in [0.25, 0.3) is 0 Å². The number of nitrogens with one attached hydrogen (secondary N) is 1. The summed E-state index contributed by atoms with van der Waals surface area (Å²) < 4.78 is 2.19. The number of aryl methyl sites for hydroxylation is 2. The minimum atomic E-state index is -0.191. The molecule has 0 saturated carbocycles. The second kappa shape index (κ2) is 7.13. The lowest BCUT2D eigenvalue weighted by Crippen LogP contribution is -2.27. The molecule has 0 bridgehead atoms. The van der Waals surface area contributed by atoms with Crippen molar-refractivity contribution in [1.29, 1.82) is 0 Å². The third-order valence-corrected chi connectivity index (χ3v) is 4.08. The first-order chi connectivity index (χ1) is 11.7. The largest absolute Gasteiger partial charge is 0.343 e. The van der Waals surface area contributed by atoms with Gasteiger partial charge in [0.1, 0.15) is 5.82 Å². The van der Waals surface area contributed by atoms with Crippen molar-refractivity contribution in [2.45, 2.75) is 25.9 Å². The van der Waals surface area contributed by atoms with E-state index in [4.69, 9.17) is 4.98 Å². The van der Waals surface area contributed by atoms with Gasteiger partial charge in [-0.1, -0.05) is 49.0 Å². The fourth-order valence-corrected chi connectivity index (χ4v) is 2.88. The smallest absolute Gasteiger partial charge is 0.243 e. The van der Waals surface area contributed by atoms with Crippen LogP contribution in [0.15, 0.2) is 67.3 Å². The molecule has 3 rings (SSSR count). The third-order valence-electron chi connectivity index (χ3n) is 4.08. The molecule has 1 unspecified atom stereocenters. The van der Waals surface area contributed by atoms with Gasteiger partial charge < -0.3 is 9.88 Å². The van der Waals surface area contributed by atoms with E-state index in [0.29, 0.717) is 0 Å². The number of hydrogen-bond acceptors (Lipinski definition) is 2. The molecule has 0 fully saturated rings. The summed E-state index contributed by atoms with van der Waals surface area (Å²) in [7, 11) is 0. The minimum absolute atomic E-state index is 0.182. The number of aromatic nitrogens is 2. The Balaban J connectivity index is 1.92. The predicted molar refractivity (Wildman–Crippen MR) is 96.6 cm³/mol. The Morgan fingerprint density at radius 1 is 1.21 bits per heavy atom. The van der Waals surface area contributed by atoms with E-state index in [0.717, 1.165) is 29.8 Å². The summed E-state index contributed by atoms with van der Waals surface area (Å²) in [5.74, 6) is 0.673. The number of hydrogen-bond donors (Lipinski definition) is 1. The summed E-state index contributed by atoms with van der Waals surface area (Å²) in [4.78, 5) is 16.4. The molecule has 4 heteroatoms. The highest BCUT2D eigenvalue weighted by atomic mass is 16.1. The molecule has 1 atom stereocenters. The number of imidazole rings is 1. The van der Waals surface area contributed by atoms with Gasteiger partial charge in [0, 0.05) is 6.54 Å². The van der Waals surface area contributed by atoms with Gasteiger partial charge in [-0.25, -0.2) is 4.98 Å². The maximum absolute atomic E-state index is 11.6. The molecule has 1 aromatic heterocycles. The Morgan fingerprint density at radius 3 is 2.67 bits per heavy atom. The molecule has 0 radical (unpaired) electrons. The lowest BCUT2D eigenvalue weighted by atomic mass is 10.1.